The Kier molecular flexibility index (Phi) is 5.09. The zero-order valence-corrected chi connectivity index (χ0v) is 13.2. The molecule has 1 unspecified atom stereocenters. The van der Waals surface area contributed by atoms with Gasteiger partial charge in [-0.2, -0.15) is 4.31 Å². The molecule has 0 aromatic carbocycles. The van der Waals surface area contributed by atoms with Crippen molar-refractivity contribution in [3.63, 3.8) is 0 Å². The molecule has 1 atom stereocenters. The van der Waals surface area contributed by atoms with Gasteiger partial charge in [-0.15, -0.1) is 0 Å². The second-order valence-corrected chi connectivity index (χ2v) is 10.2. The Morgan fingerprint density at radius 3 is 2.30 bits per heavy atom. The maximum atomic E-state index is 12.7. The molecule has 0 aromatic heterocycles. The number of rotatable bonds is 3. The Hall–Kier alpha value is -0.180. The van der Waals surface area contributed by atoms with E-state index in [1.165, 1.54) is 4.31 Å². The minimum Gasteiger partial charge on any atom is -0.395 e. The lowest BCUT2D eigenvalue weighted by atomic mass is 10.1. The van der Waals surface area contributed by atoms with Gasteiger partial charge in [-0.25, -0.2) is 16.8 Å². The second kappa shape index (κ2) is 6.29. The van der Waals surface area contributed by atoms with Crippen LogP contribution in [-0.4, -0.2) is 62.2 Å². The lowest BCUT2D eigenvalue weighted by molar-refractivity contribution is 0.185. The van der Waals surface area contributed by atoms with E-state index in [0.29, 0.717) is 13.0 Å². The lowest BCUT2D eigenvalue weighted by Crippen LogP contribution is -2.48. The standard InChI is InChI=1S/C12H23NO5S2/c14-10-11-4-2-1-3-7-13(11)20(17,18)12-5-8-19(15,16)9-6-12/h11-12,14H,1-10H2. The van der Waals surface area contributed by atoms with Crippen LogP contribution in [0.5, 0.6) is 0 Å². The molecule has 1 N–H and O–H groups in total. The molecule has 0 aliphatic carbocycles. The van der Waals surface area contributed by atoms with Crippen molar-refractivity contribution >= 4 is 19.9 Å². The average Bonchev–Trinajstić information content (AvgIpc) is 2.63. The predicted octanol–water partition coefficient (Wildman–Crippen LogP) is 0.130. The number of sulfone groups is 1. The minimum atomic E-state index is -3.51. The maximum absolute atomic E-state index is 12.7. The monoisotopic (exact) mass is 325 g/mol. The van der Waals surface area contributed by atoms with Gasteiger partial charge in [0, 0.05) is 12.6 Å². The highest BCUT2D eigenvalue weighted by Crippen LogP contribution is 2.27. The number of aliphatic hydroxyl groups excluding tert-OH is 1. The van der Waals surface area contributed by atoms with Gasteiger partial charge in [-0.1, -0.05) is 12.8 Å². The third-order valence-corrected chi connectivity index (χ3v) is 8.45. The fraction of sp³-hybridized carbons (Fsp3) is 1.00. The summed E-state index contributed by atoms with van der Waals surface area (Å²) in [5.41, 5.74) is 0. The van der Waals surface area contributed by atoms with Crippen LogP contribution in [0.1, 0.15) is 38.5 Å². The van der Waals surface area contributed by atoms with E-state index in [0.717, 1.165) is 19.3 Å². The summed E-state index contributed by atoms with van der Waals surface area (Å²) in [5, 5.41) is 8.82. The molecule has 8 heteroatoms. The van der Waals surface area contributed by atoms with Crippen LogP contribution >= 0.6 is 0 Å². The second-order valence-electron chi connectivity index (χ2n) is 5.69. The Morgan fingerprint density at radius 1 is 1.05 bits per heavy atom. The van der Waals surface area contributed by atoms with Crippen LogP contribution in [0.2, 0.25) is 0 Å². The number of nitrogens with zero attached hydrogens (tertiary/aromatic N) is 1. The van der Waals surface area contributed by atoms with Crippen LogP contribution in [0, 0.1) is 0 Å². The molecule has 0 amide bonds. The summed E-state index contributed by atoms with van der Waals surface area (Å²) in [4.78, 5) is 0. The Morgan fingerprint density at radius 2 is 1.70 bits per heavy atom. The van der Waals surface area contributed by atoms with Crippen molar-refractivity contribution in [3.8, 4) is 0 Å². The summed E-state index contributed by atoms with van der Waals surface area (Å²) in [5.74, 6) is -0.0942. The summed E-state index contributed by atoms with van der Waals surface area (Å²) in [6, 6.07) is -0.346. The van der Waals surface area contributed by atoms with Gasteiger partial charge in [0.2, 0.25) is 10.0 Å². The molecule has 2 aliphatic rings. The first kappa shape index (κ1) is 16.2. The molecule has 0 aromatic rings. The smallest absolute Gasteiger partial charge is 0.217 e. The van der Waals surface area contributed by atoms with Gasteiger partial charge < -0.3 is 5.11 Å². The molecule has 2 rings (SSSR count). The molecular formula is C12H23NO5S2. The Labute approximate surface area is 121 Å². The fourth-order valence-electron chi connectivity index (χ4n) is 3.03. The van der Waals surface area contributed by atoms with Crippen molar-refractivity contribution in [2.24, 2.45) is 0 Å². The molecule has 0 spiro atoms. The van der Waals surface area contributed by atoms with E-state index in [1.54, 1.807) is 0 Å². The highest BCUT2D eigenvalue weighted by Gasteiger charge is 2.39. The first-order valence-corrected chi connectivity index (χ1v) is 10.5. The highest BCUT2D eigenvalue weighted by molar-refractivity contribution is 7.92. The van der Waals surface area contributed by atoms with Crippen LogP contribution in [0.3, 0.4) is 0 Å². The molecular weight excluding hydrogens is 302 g/mol. The summed E-state index contributed by atoms with van der Waals surface area (Å²) in [7, 11) is -6.58. The third-order valence-electron chi connectivity index (χ3n) is 4.28. The molecule has 2 heterocycles. The first-order chi connectivity index (χ1) is 9.37. The number of hydrogen-bond donors (Lipinski definition) is 1. The van der Waals surface area contributed by atoms with Gasteiger partial charge in [-0.05, 0) is 25.7 Å². The van der Waals surface area contributed by atoms with Crippen molar-refractivity contribution in [3.05, 3.63) is 0 Å². The molecule has 0 radical (unpaired) electrons. The average molecular weight is 325 g/mol. The van der Waals surface area contributed by atoms with Crippen molar-refractivity contribution in [1.29, 1.82) is 0 Å². The number of sulfonamides is 1. The summed E-state index contributed by atoms with van der Waals surface area (Å²) in [6.07, 6.45) is 3.75. The van der Waals surface area contributed by atoms with Crippen LogP contribution in [0.15, 0.2) is 0 Å². The van der Waals surface area contributed by atoms with E-state index in [4.69, 9.17) is 0 Å². The normalized spacial score (nSPS) is 29.9. The minimum absolute atomic E-state index is 0.0471. The maximum Gasteiger partial charge on any atom is 0.217 e. The van der Waals surface area contributed by atoms with Crippen LogP contribution in [-0.2, 0) is 19.9 Å². The first-order valence-electron chi connectivity index (χ1n) is 7.19. The van der Waals surface area contributed by atoms with E-state index in [1.807, 2.05) is 0 Å². The van der Waals surface area contributed by atoms with Crippen molar-refractivity contribution < 1.29 is 21.9 Å². The van der Waals surface area contributed by atoms with E-state index in [2.05, 4.69) is 0 Å². The topological polar surface area (TPSA) is 91.8 Å². The van der Waals surface area contributed by atoms with E-state index >= 15 is 0 Å². The zero-order chi connectivity index (χ0) is 14.8. The summed E-state index contributed by atoms with van der Waals surface area (Å²) >= 11 is 0. The molecule has 20 heavy (non-hydrogen) atoms. The van der Waals surface area contributed by atoms with Gasteiger partial charge in [-0.3, -0.25) is 0 Å². The summed E-state index contributed by atoms with van der Waals surface area (Å²) < 4.78 is 49.7. The van der Waals surface area contributed by atoms with Gasteiger partial charge in [0.25, 0.3) is 0 Å². The van der Waals surface area contributed by atoms with Crippen molar-refractivity contribution in [1.82, 2.24) is 4.31 Å². The number of aliphatic hydroxyl groups is 1. The van der Waals surface area contributed by atoms with Gasteiger partial charge >= 0.3 is 0 Å². The largest absolute Gasteiger partial charge is 0.395 e. The Balaban J connectivity index is 2.16. The molecule has 2 saturated heterocycles. The molecule has 2 aliphatic heterocycles. The van der Waals surface area contributed by atoms with E-state index < -0.39 is 25.1 Å². The van der Waals surface area contributed by atoms with Gasteiger partial charge in [0.1, 0.15) is 9.84 Å². The van der Waals surface area contributed by atoms with Crippen LogP contribution < -0.4 is 0 Å². The van der Waals surface area contributed by atoms with Crippen LogP contribution in [0.4, 0.5) is 0 Å². The van der Waals surface area contributed by atoms with Crippen molar-refractivity contribution in [2.75, 3.05) is 24.7 Å². The molecule has 0 saturated carbocycles. The molecule has 0 bridgehead atoms. The molecule has 2 fully saturated rings. The summed E-state index contributed by atoms with van der Waals surface area (Å²) in [6.45, 7) is 0.279. The van der Waals surface area contributed by atoms with E-state index in [-0.39, 0.29) is 37.0 Å². The van der Waals surface area contributed by atoms with E-state index in [9.17, 15) is 21.9 Å². The van der Waals surface area contributed by atoms with Gasteiger partial charge in [0.15, 0.2) is 0 Å². The third kappa shape index (κ3) is 3.52. The molecule has 6 nitrogen and oxygen atoms in total. The fourth-order valence-corrected chi connectivity index (χ4v) is 7.00. The SMILES string of the molecule is O=S1(=O)CCC(S(=O)(=O)N2CCCCCC2CO)CC1. The Bertz CT molecular complexity index is 514. The molecule has 118 valence electrons. The van der Waals surface area contributed by atoms with Crippen molar-refractivity contribution in [2.45, 2.75) is 49.8 Å². The predicted molar refractivity (Wildman–Crippen MR) is 76.6 cm³/mol. The van der Waals surface area contributed by atoms with Gasteiger partial charge in [0.05, 0.1) is 23.4 Å². The number of hydrogen-bond acceptors (Lipinski definition) is 5. The zero-order valence-electron chi connectivity index (χ0n) is 11.6. The van der Waals surface area contributed by atoms with Crippen LogP contribution in [0.25, 0.3) is 0 Å². The quantitative estimate of drug-likeness (QED) is 0.796. The lowest BCUT2D eigenvalue weighted by Gasteiger charge is -2.33. The highest BCUT2D eigenvalue weighted by atomic mass is 32.2.